The van der Waals surface area contributed by atoms with Crippen LogP contribution in [0.15, 0.2) is 51.6 Å². The standard InChI is InChI=1S/C19H23NO4S3/c1-2-16-10-11-19(25-16)27(23,24)20-14-8-9-15(20)13-18(12-14)26(21,22)17-6-4-3-5-7-17/h3-7,10-11,14-15,18H,2,8-9,12-13H2,1H3/t14-,15+,18?. The molecule has 3 heterocycles. The summed E-state index contributed by atoms with van der Waals surface area (Å²) in [5.74, 6) is 0. The van der Waals surface area contributed by atoms with E-state index >= 15 is 0 Å². The minimum Gasteiger partial charge on any atom is -0.223 e. The molecule has 2 aliphatic heterocycles. The van der Waals surface area contributed by atoms with Gasteiger partial charge in [0.25, 0.3) is 10.0 Å². The Labute approximate surface area is 165 Å². The summed E-state index contributed by atoms with van der Waals surface area (Å²) in [6.07, 6.45) is 3.02. The Morgan fingerprint density at radius 1 is 0.963 bits per heavy atom. The van der Waals surface area contributed by atoms with Crippen molar-refractivity contribution in [2.75, 3.05) is 0 Å². The molecule has 3 atom stereocenters. The Bertz CT molecular complexity index is 1010. The van der Waals surface area contributed by atoms with Crippen LogP contribution in [0, 0.1) is 0 Å². The fraction of sp³-hybridized carbons (Fsp3) is 0.474. The molecule has 2 aliphatic rings. The van der Waals surface area contributed by atoms with Gasteiger partial charge in [-0.05, 0) is 56.4 Å². The molecule has 2 bridgehead atoms. The van der Waals surface area contributed by atoms with Gasteiger partial charge in [0.1, 0.15) is 4.21 Å². The Balaban J connectivity index is 1.61. The summed E-state index contributed by atoms with van der Waals surface area (Å²) in [6.45, 7) is 2.01. The van der Waals surface area contributed by atoms with E-state index in [0.29, 0.717) is 21.9 Å². The molecule has 1 aromatic heterocycles. The summed E-state index contributed by atoms with van der Waals surface area (Å²) in [5.41, 5.74) is 0. The number of piperidine rings is 1. The quantitative estimate of drug-likeness (QED) is 0.735. The average Bonchev–Trinajstić information content (AvgIpc) is 3.26. The number of thiophene rings is 1. The van der Waals surface area contributed by atoms with Gasteiger partial charge in [-0.25, -0.2) is 16.8 Å². The zero-order valence-electron chi connectivity index (χ0n) is 15.1. The van der Waals surface area contributed by atoms with Crippen molar-refractivity contribution >= 4 is 31.2 Å². The lowest BCUT2D eigenvalue weighted by Gasteiger charge is -2.37. The van der Waals surface area contributed by atoms with Gasteiger partial charge in [-0.3, -0.25) is 0 Å². The van der Waals surface area contributed by atoms with Gasteiger partial charge in [0, 0.05) is 17.0 Å². The van der Waals surface area contributed by atoms with Crippen molar-refractivity contribution in [3.05, 3.63) is 47.3 Å². The number of hydrogen-bond acceptors (Lipinski definition) is 5. The number of nitrogens with zero attached hydrogens (tertiary/aromatic N) is 1. The van der Waals surface area contributed by atoms with Crippen LogP contribution in [-0.4, -0.2) is 38.5 Å². The molecule has 8 heteroatoms. The highest BCUT2D eigenvalue weighted by atomic mass is 32.2. The van der Waals surface area contributed by atoms with Gasteiger partial charge in [-0.2, -0.15) is 4.31 Å². The smallest absolute Gasteiger partial charge is 0.223 e. The van der Waals surface area contributed by atoms with Crippen LogP contribution in [-0.2, 0) is 26.3 Å². The molecule has 2 fully saturated rings. The van der Waals surface area contributed by atoms with Gasteiger partial charge in [-0.15, -0.1) is 11.3 Å². The second-order valence-electron chi connectivity index (χ2n) is 7.25. The molecular weight excluding hydrogens is 402 g/mol. The number of rotatable bonds is 5. The van der Waals surface area contributed by atoms with Crippen LogP contribution >= 0.6 is 11.3 Å². The van der Waals surface area contributed by atoms with E-state index < -0.39 is 25.1 Å². The zero-order valence-corrected chi connectivity index (χ0v) is 17.6. The van der Waals surface area contributed by atoms with Crippen LogP contribution in [0.4, 0.5) is 0 Å². The third-order valence-electron chi connectivity index (χ3n) is 5.65. The molecule has 0 saturated carbocycles. The van der Waals surface area contributed by atoms with E-state index in [-0.39, 0.29) is 12.1 Å². The predicted molar refractivity (Wildman–Crippen MR) is 106 cm³/mol. The average molecular weight is 426 g/mol. The Kier molecular flexibility index (Phi) is 4.95. The highest BCUT2D eigenvalue weighted by Crippen LogP contribution is 2.43. The summed E-state index contributed by atoms with van der Waals surface area (Å²) in [4.78, 5) is 1.37. The third kappa shape index (κ3) is 3.26. The van der Waals surface area contributed by atoms with E-state index in [9.17, 15) is 16.8 Å². The normalized spacial score (nSPS) is 26.3. The minimum atomic E-state index is -3.56. The van der Waals surface area contributed by atoms with E-state index in [1.54, 1.807) is 40.7 Å². The fourth-order valence-electron chi connectivity index (χ4n) is 4.32. The molecule has 0 N–H and O–H groups in total. The molecule has 1 aromatic carbocycles. The van der Waals surface area contributed by atoms with Crippen LogP contribution < -0.4 is 0 Å². The number of aryl methyl sites for hydroxylation is 1. The summed E-state index contributed by atoms with van der Waals surface area (Å²) < 4.78 is 54.4. The van der Waals surface area contributed by atoms with Gasteiger partial charge >= 0.3 is 0 Å². The molecule has 0 aliphatic carbocycles. The Hall–Kier alpha value is -1.22. The van der Waals surface area contributed by atoms with Gasteiger partial charge < -0.3 is 0 Å². The molecule has 2 aromatic rings. The molecule has 0 spiro atoms. The van der Waals surface area contributed by atoms with E-state index in [0.717, 1.165) is 24.1 Å². The molecule has 0 amide bonds. The van der Waals surface area contributed by atoms with Crippen molar-refractivity contribution in [1.82, 2.24) is 4.31 Å². The highest BCUT2D eigenvalue weighted by Gasteiger charge is 2.50. The molecule has 0 radical (unpaired) electrons. The van der Waals surface area contributed by atoms with E-state index in [1.165, 1.54) is 11.3 Å². The lowest BCUT2D eigenvalue weighted by molar-refractivity contribution is 0.249. The van der Waals surface area contributed by atoms with Crippen molar-refractivity contribution in [1.29, 1.82) is 0 Å². The minimum absolute atomic E-state index is 0.232. The van der Waals surface area contributed by atoms with Crippen LogP contribution in [0.5, 0.6) is 0 Å². The monoisotopic (exact) mass is 425 g/mol. The summed E-state index contributed by atoms with van der Waals surface area (Å²) >= 11 is 1.32. The second-order valence-corrected chi connectivity index (χ2v) is 12.7. The van der Waals surface area contributed by atoms with Gasteiger partial charge in [0.05, 0.1) is 10.1 Å². The second kappa shape index (κ2) is 6.99. The third-order valence-corrected chi connectivity index (χ3v) is 11.5. The van der Waals surface area contributed by atoms with Gasteiger partial charge in [0.15, 0.2) is 9.84 Å². The van der Waals surface area contributed by atoms with Crippen molar-refractivity contribution in [2.24, 2.45) is 0 Å². The number of sulfone groups is 1. The number of benzene rings is 1. The number of sulfonamides is 1. The Morgan fingerprint density at radius 3 is 2.15 bits per heavy atom. The lowest BCUT2D eigenvalue weighted by Crippen LogP contribution is -2.49. The van der Waals surface area contributed by atoms with Gasteiger partial charge in [0.2, 0.25) is 0 Å². The first-order valence-corrected chi connectivity index (χ1v) is 13.1. The summed E-state index contributed by atoms with van der Waals surface area (Å²) in [5, 5.41) is -0.515. The van der Waals surface area contributed by atoms with Crippen molar-refractivity contribution in [2.45, 2.75) is 65.5 Å². The van der Waals surface area contributed by atoms with Crippen molar-refractivity contribution in [3.8, 4) is 0 Å². The molecule has 5 nitrogen and oxygen atoms in total. The zero-order chi connectivity index (χ0) is 19.2. The maximum atomic E-state index is 13.2. The molecule has 146 valence electrons. The number of fused-ring (bicyclic) bond motifs is 2. The maximum Gasteiger partial charge on any atom is 0.253 e. The predicted octanol–water partition coefficient (Wildman–Crippen LogP) is 3.47. The van der Waals surface area contributed by atoms with Crippen molar-refractivity contribution < 1.29 is 16.8 Å². The molecule has 1 unspecified atom stereocenters. The van der Waals surface area contributed by atoms with E-state index in [4.69, 9.17) is 0 Å². The first kappa shape index (κ1) is 19.1. The summed E-state index contributed by atoms with van der Waals surface area (Å²) in [6, 6.07) is 11.6. The first-order valence-electron chi connectivity index (χ1n) is 9.25. The highest BCUT2D eigenvalue weighted by molar-refractivity contribution is 7.92. The Morgan fingerprint density at radius 2 is 1.59 bits per heavy atom. The van der Waals surface area contributed by atoms with Crippen molar-refractivity contribution in [3.63, 3.8) is 0 Å². The fourth-order valence-corrected chi connectivity index (χ4v) is 9.49. The van der Waals surface area contributed by atoms with E-state index in [1.807, 2.05) is 13.0 Å². The van der Waals surface area contributed by atoms with Crippen LogP contribution in [0.25, 0.3) is 0 Å². The largest absolute Gasteiger partial charge is 0.253 e. The van der Waals surface area contributed by atoms with Crippen LogP contribution in [0.3, 0.4) is 0 Å². The topological polar surface area (TPSA) is 71.5 Å². The first-order chi connectivity index (χ1) is 12.8. The lowest BCUT2D eigenvalue weighted by atomic mass is 10.1. The summed E-state index contributed by atoms with van der Waals surface area (Å²) in [7, 11) is -7.00. The van der Waals surface area contributed by atoms with Crippen LogP contribution in [0.2, 0.25) is 0 Å². The number of hydrogen-bond donors (Lipinski definition) is 0. The van der Waals surface area contributed by atoms with Crippen LogP contribution in [0.1, 0.15) is 37.5 Å². The van der Waals surface area contributed by atoms with Gasteiger partial charge in [-0.1, -0.05) is 25.1 Å². The molecule has 27 heavy (non-hydrogen) atoms. The maximum absolute atomic E-state index is 13.2. The van der Waals surface area contributed by atoms with E-state index in [2.05, 4.69) is 0 Å². The molecule has 2 saturated heterocycles. The SMILES string of the molecule is CCc1ccc(S(=O)(=O)N2[C@@H]3CC[C@H]2CC(S(=O)(=O)c2ccccc2)C3)s1. The molecule has 4 rings (SSSR count). The molecular formula is C19H23NO4S3.